The number of rotatable bonds is 9. The largest absolute Gasteiger partial charge is 0.497 e. The molecular weight excluding hydrogens is 446 g/mol. The van der Waals surface area contributed by atoms with E-state index in [4.69, 9.17) is 18.9 Å². The predicted octanol–water partition coefficient (Wildman–Crippen LogP) is 2.94. The van der Waals surface area contributed by atoms with Gasteiger partial charge in [0.2, 0.25) is 5.75 Å². The van der Waals surface area contributed by atoms with Crippen LogP contribution in [0.3, 0.4) is 0 Å². The average molecular weight is 478 g/mol. The van der Waals surface area contributed by atoms with Gasteiger partial charge in [-0.2, -0.15) is 0 Å². The van der Waals surface area contributed by atoms with E-state index in [9.17, 15) is 13.2 Å². The van der Waals surface area contributed by atoms with Crippen LogP contribution in [0.2, 0.25) is 0 Å². The van der Waals surface area contributed by atoms with Crippen LogP contribution >= 0.6 is 0 Å². The van der Waals surface area contributed by atoms with Gasteiger partial charge >= 0.3 is 0 Å². The maximum absolute atomic E-state index is 13.4. The Balaban J connectivity index is 1.93. The van der Waals surface area contributed by atoms with Crippen molar-refractivity contribution in [2.24, 2.45) is 0 Å². The van der Waals surface area contributed by atoms with Crippen LogP contribution in [-0.2, 0) is 15.3 Å². The van der Waals surface area contributed by atoms with Gasteiger partial charge in [-0.05, 0) is 42.7 Å². The number of benzene rings is 2. The van der Waals surface area contributed by atoms with Crippen molar-refractivity contribution in [3.05, 3.63) is 47.5 Å². The van der Waals surface area contributed by atoms with E-state index >= 15 is 0 Å². The highest BCUT2D eigenvalue weighted by Crippen LogP contribution is 2.41. The van der Waals surface area contributed by atoms with Crippen LogP contribution < -0.4 is 18.9 Å². The van der Waals surface area contributed by atoms with Crippen LogP contribution in [0.1, 0.15) is 28.8 Å². The average Bonchev–Trinajstić information content (AvgIpc) is 3.26. The number of hydrogen-bond donors (Lipinski definition) is 0. The standard InChI is InChI=1S/C24H31NO7S/c1-29-19-8-6-18(7-9-19)24(11-13-33(5,27)28)10-12-25(16-24)23(26)17-14-20(30-2)22(32-4)21(15-17)31-3/h6-9,14-15H,10-13,16H2,1-5H3. The topological polar surface area (TPSA) is 91.4 Å². The van der Waals surface area contributed by atoms with E-state index in [1.807, 2.05) is 24.3 Å². The summed E-state index contributed by atoms with van der Waals surface area (Å²) < 4.78 is 45.3. The Morgan fingerprint density at radius 1 is 0.970 bits per heavy atom. The molecule has 0 bridgehead atoms. The molecule has 9 heteroatoms. The molecule has 0 spiro atoms. The number of carbonyl (C=O) groups excluding carboxylic acids is 1. The van der Waals surface area contributed by atoms with Crippen molar-refractivity contribution in [1.82, 2.24) is 4.90 Å². The molecule has 180 valence electrons. The fourth-order valence-electron chi connectivity index (χ4n) is 4.34. The van der Waals surface area contributed by atoms with Crippen molar-refractivity contribution in [2.75, 3.05) is 53.5 Å². The Labute approximate surface area is 195 Å². The number of sulfone groups is 1. The van der Waals surface area contributed by atoms with Gasteiger partial charge in [0.05, 0.1) is 34.2 Å². The fraction of sp³-hybridized carbons (Fsp3) is 0.458. The third-order valence-electron chi connectivity index (χ3n) is 6.21. The molecule has 8 nitrogen and oxygen atoms in total. The van der Waals surface area contributed by atoms with Crippen LogP contribution in [0.5, 0.6) is 23.0 Å². The van der Waals surface area contributed by atoms with Gasteiger partial charge in [0.15, 0.2) is 11.5 Å². The van der Waals surface area contributed by atoms with Gasteiger partial charge in [0, 0.05) is 30.3 Å². The minimum atomic E-state index is -3.16. The van der Waals surface area contributed by atoms with Gasteiger partial charge in [0.25, 0.3) is 5.91 Å². The normalized spacial score (nSPS) is 18.2. The number of amides is 1. The van der Waals surface area contributed by atoms with E-state index in [1.165, 1.54) is 27.6 Å². The van der Waals surface area contributed by atoms with Crippen molar-refractivity contribution in [3.63, 3.8) is 0 Å². The molecule has 1 aliphatic heterocycles. The van der Waals surface area contributed by atoms with E-state index in [-0.39, 0.29) is 11.7 Å². The Morgan fingerprint density at radius 2 is 1.58 bits per heavy atom. The first kappa shape index (κ1) is 24.7. The molecule has 1 unspecified atom stereocenters. The van der Waals surface area contributed by atoms with Crippen molar-refractivity contribution in [3.8, 4) is 23.0 Å². The van der Waals surface area contributed by atoms with E-state index in [1.54, 1.807) is 24.1 Å². The maximum Gasteiger partial charge on any atom is 0.254 e. The van der Waals surface area contributed by atoms with Crippen molar-refractivity contribution < 1.29 is 32.2 Å². The maximum atomic E-state index is 13.4. The Bertz CT molecular complexity index is 1070. The zero-order chi connectivity index (χ0) is 24.2. The second-order valence-electron chi connectivity index (χ2n) is 8.28. The van der Waals surface area contributed by atoms with Crippen molar-refractivity contribution >= 4 is 15.7 Å². The lowest BCUT2D eigenvalue weighted by Crippen LogP contribution is -2.36. The zero-order valence-electron chi connectivity index (χ0n) is 19.7. The molecule has 0 N–H and O–H groups in total. The summed E-state index contributed by atoms with van der Waals surface area (Å²) in [6.07, 6.45) is 2.32. The number of methoxy groups -OCH3 is 4. The fourth-order valence-corrected chi connectivity index (χ4v) is 5.10. The van der Waals surface area contributed by atoms with E-state index in [0.717, 1.165) is 11.3 Å². The number of nitrogens with zero attached hydrogens (tertiary/aromatic N) is 1. The van der Waals surface area contributed by atoms with Crippen LogP contribution in [0.4, 0.5) is 0 Å². The molecule has 1 saturated heterocycles. The molecule has 1 amide bonds. The highest BCUT2D eigenvalue weighted by atomic mass is 32.2. The molecule has 2 aromatic rings. The molecule has 2 aromatic carbocycles. The van der Waals surface area contributed by atoms with Crippen LogP contribution in [0, 0.1) is 0 Å². The summed E-state index contributed by atoms with van der Waals surface area (Å²) in [6, 6.07) is 10.9. The Kier molecular flexibility index (Phi) is 7.41. The van der Waals surface area contributed by atoms with E-state index in [2.05, 4.69) is 0 Å². The van der Waals surface area contributed by atoms with Crippen molar-refractivity contribution in [1.29, 1.82) is 0 Å². The summed E-state index contributed by atoms with van der Waals surface area (Å²) in [6.45, 7) is 0.912. The van der Waals surface area contributed by atoms with Gasteiger partial charge in [0.1, 0.15) is 15.6 Å². The summed E-state index contributed by atoms with van der Waals surface area (Å²) in [5, 5.41) is 0. The summed E-state index contributed by atoms with van der Waals surface area (Å²) in [4.78, 5) is 15.2. The van der Waals surface area contributed by atoms with Crippen LogP contribution in [0.15, 0.2) is 36.4 Å². The third kappa shape index (κ3) is 5.35. The number of likely N-dealkylation sites (tertiary alicyclic amines) is 1. The van der Waals surface area contributed by atoms with Gasteiger partial charge in [-0.3, -0.25) is 4.79 Å². The second kappa shape index (κ2) is 9.91. The molecular formula is C24H31NO7S. The zero-order valence-corrected chi connectivity index (χ0v) is 20.5. The van der Waals surface area contributed by atoms with E-state index < -0.39 is 15.3 Å². The lowest BCUT2D eigenvalue weighted by molar-refractivity contribution is 0.0782. The Morgan fingerprint density at radius 3 is 2.06 bits per heavy atom. The number of carbonyl (C=O) groups is 1. The first-order valence-corrected chi connectivity index (χ1v) is 12.6. The highest BCUT2D eigenvalue weighted by molar-refractivity contribution is 7.90. The van der Waals surface area contributed by atoms with E-state index in [0.29, 0.717) is 48.7 Å². The molecule has 3 rings (SSSR count). The van der Waals surface area contributed by atoms with Crippen LogP contribution in [0.25, 0.3) is 0 Å². The van der Waals surface area contributed by atoms with Crippen LogP contribution in [-0.4, -0.2) is 72.8 Å². The SMILES string of the molecule is COc1ccc(C2(CCS(C)(=O)=O)CCN(C(=O)c3cc(OC)c(OC)c(OC)c3)C2)cc1. The minimum Gasteiger partial charge on any atom is -0.497 e. The molecule has 33 heavy (non-hydrogen) atoms. The Hall–Kier alpha value is -2.94. The number of hydrogen-bond acceptors (Lipinski definition) is 7. The van der Waals surface area contributed by atoms with Gasteiger partial charge in [-0.15, -0.1) is 0 Å². The molecule has 1 heterocycles. The molecule has 0 aliphatic carbocycles. The second-order valence-corrected chi connectivity index (χ2v) is 10.5. The lowest BCUT2D eigenvalue weighted by Gasteiger charge is -2.30. The smallest absolute Gasteiger partial charge is 0.254 e. The quantitative estimate of drug-likeness (QED) is 0.548. The predicted molar refractivity (Wildman–Crippen MR) is 126 cm³/mol. The monoisotopic (exact) mass is 477 g/mol. The summed E-state index contributed by atoms with van der Waals surface area (Å²) in [5.74, 6) is 1.81. The lowest BCUT2D eigenvalue weighted by atomic mass is 9.77. The highest BCUT2D eigenvalue weighted by Gasteiger charge is 2.42. The van der Waals surface area contributed by atoms with Gasteiger partial charge in [-0.1, -0.05) is 12.1 Å². The molecule has 1 fully saturated rings. The summed E-state index contributed by atoms with van der Waals surface area (Å²) >= 11 is 0. The van der Waals surface area contributed by atoms with Crippen molar-refractivity contribution in [2.45, 2.75) is 18.3 Å². The molecule has 0 radical (unpaired) electrons. The summed E-state index contributed by atoms with van der Waals surface area (Å²) in [5.41, 5.74) is 0.941. The molecule has 1 atom stereocenters. The van der Waals surface area contributed by atoms with Gasteiger partial charge in [-0.25, -0.2) is 8.42 Å². The molecule has 0 aromatic heterocycles. The minimum absolute atomic E-state index is 0.0469. The molecule has 1 aliphatic rings. The van der Waals surface area contributed by atoms with Gasteiger partial charge < -0.3 is 23.8 Å². The molecule has 0 saturated carbocycles. The third-order valence-corrected chi connectivity index (χ3v) is 7.15. The first-order chi connectivity index (χ1) is 15.7. The summed E-state index contributed by atoms with van der Waals surface area (Å²) in [7, 11) is 2.95. The first-order valence-electron chi connectivity index (χ1n) is 10.6. The number of ether oxygens (including phenoxy) is 4.